The highest BCUT2D eigenvalue weighted by Gasteiger charge is 2.32. The van der Waals surface area contributed by atoms with E-state index in [1.54, 1.807) is 17.0 Å². The standard InChI is InChI=1S/C18H21N3O3.ClH/c22-17(15-11-13-3-1-2-4-16(13)24-18(15)23)21-8-5-14(12-21)20-9-6-19-7-10-20;/h1-4,11,14,19H,5-10,12H2;1H. The molecule has 2 saturated heterocycles. The Morgan fingerprint density at radius 3 is 2.72 bits per heavy atom. The average molecular weight is 364 g/mol. The van der Waals surface area contributed by atoms with Crippen LogP contribution in [0.4, 0.5) is 0 Å². The zero-order chi connectivity index (χ0) is 16.5. The molecule has 1 aromatic carbocycles. The highest BCUT2D eigenvalue weighted by atomic mass is 35.5. The molecule has 1 N–H and O–H groups in total. The van der Waals surface area contributed by atoms with Crippen LogP contribution in [0.15, 0.2) is 39.5 Å². The first kappa shape index (κ1) is 17.9. The third kappa shape index (κ3) is 3.56. The summed E-state index contributed by atoms with van der Waals surface area (Å²) in [7, 11) is 0. The molecule has 2 fully saturated rings. The molecule has 7 heteroatoms. The van der Waals surface area contributed by atoms with Gasteiger partial charge in [0.2, 0.25) is 0 Å². The van der Waals surface area contributed by atoms with Crippen LogP contribution in [0.2, 0.25) is 0 Å². The van der Waals surface area contributed by atoms with Crippen molar-refractivity contribution in [2.45, 2.75) is 12.5 Å². The van der Waals surface area contributed by atoms with Crippen molar-refractivity contribution in [3.63, 3.8) is 0 Å². The fraction of sp³-hybridized carbons (Fsp3) is 0.444. The van der Waals surface area contributed by atoms with E-state index in [1.807, 2.05) is 18.2 Å². The van der Waals surface area contributed by atoms with Crippen LogP contribution in [-0.2, 0) is 0 Å². The number of likely N-dealkylation sites (tertiary alicyclic amines) is 1. The number of carbonyl (C=O) groups excluding carboxylic acids is 1. The molecular formula is C18H22ClN3O3. The fourth-order valence-electron chi connectivity index (χ4n) is 3.65. The summed E-state index contributed by atoms with van der Waals surface area (Å²) in [6.07, 6.45) is 0.963. The van der Waals surface area contributed by atoms with Crippen LogP contribution in [0, 0.1) is 0 Å². The first-order valence-electron chi connectivity index (χ1n) is 8.49. The number of hydrogen-bond acceptors (Lipinski definition) is 5. The minimum Gasteiger partial charge on any atom is -0.422 e. The van der Waals surface area contributed by atoms with Gasteiger partial charge in [-0.1, -0.05) is 18.2 Å². The summed E-state index contributed by atoms with van der Waals surface area (Å²) in [5.74, 6) is -0.216. The molecule has 1 unspecified atom stereocenters. The molecule has 3 heterocycles. The molecule has 2 aromatic rings. The Morgan fingerprint density at radius 2 is 1.92 bits per heavy atom. The van der Waals surface area contributed by atoms with Gasteiger partial charge in [0.15, 0.2) is 0 Å². The van der Waals surface area contributed by atoms with Gasteiger partial charge >= 0.3 is 5.63 Å². The summed E-state index contributed by atoms with van der Waals surface area (Å²) in [4.78, 5) is 29.2. The Balaban J connectivity index is 0.00000182. The van der Waals surface area contributed by atoms with Crippen molar-refractivity contribution in [1.82, 2.24) is 15.1 Å². The molecule has 134 valence electrons. The van der Waals surface area contributed by atoms with Gasteiger partial charge < -0.3 is 14.6 Å². The third-order valence-corrected chi connectivity index (χ3v) is 4.99. The SMILES string of the molecule is Cl.O=C(c1cc2ccccc2oc1=O)N1CCC(N2CCNCC2)C1. The Hall–Kier alpha value is -1.89. The van der Waals surface area contributed by atoms with Crippen LogP contribution < -0.4 is 10.9 Å². The predicted molar refractivity (Wildman–Crippen MR) is 98.5 cm³/mol. The molecule has 0 bridgehead atoms. The van der Waals surface area contributed by atoms with Crippen LogP contribution in [0.25, 0.3) is 11.0 Å². The Bertz CT molecular complexity index is 817. The van der Waals surface area contributed by atoms with Crippen molar-refractivity contribution in [2.75, 3.05) is 39.3 Å². The topological polar surface area (TPSA) is 65.8 Å². The van der Waals surface area contributed by atoms with Gasteiger partial charge in [0.25, 0.3) is 5.91 Å². The van der Waals surface area contributed by atoms with Crippen molar-refractivity contribution in [3.8, 4) is 0 Å². The van der Waals surface area contributed by atoms with Crippen LogP contribution in [0.3, 0.4) is 0 Å². The van der Waals surface area contributed by atoms with Gasteiger partial charge in [-0.2, -0.15) is 0 Å². The monoisotopic (exact) mass is 363 g/mol. The van der Waals surface area contributed by atoms with Crippen molar-refractivity contribution < 1.29 is 9.21 Å². The van der Waals surface area contributed by atoms with E-state index in [9.17, 15) is 9.59 Å². The molecule has 2 aliphatic rings. The van der Waals surface area contributed by atoms with E-state index in [-0.39, 0.29) is 23.9 Å². The lowest BCUT2D eigenvalue weighted by atomic mass is 10.1. The second kappa shape index (κ2) is 7.56. The minimum atomic E-state index is -0.552. The van der Waals surface area contributed by atoms with E-state index in [4.69, 9.17) is 4.42 Å². The van der Waals surface area contributed by atoms with E-state index in [1.165, 1.54) is 0 Å². The van der Waals surface area contributed by atoms with Gasteiger partial charge in [-0.3, -0.25) is 9.69 Å². The first-order chi connectivity index (χ1) is 11.7. The third-order valence-electron chi connectivity index (χ3n) is 4.99. The molecule has 0 saturated carbocycles. The summed E-state index contributed by atoms with van der Waals surface area (Å²) >= 11 is 0. The average Bonchev–Trinajstić information content (AvgIpc) is 3.11. The van der Waals surface area contributed by atoms with E-state index < -0.39 is 5.63 Å². The number of nitrogens with one attached hydrogen (secondary N) is 1. The smallest absolute Gasteiger partial charge is 0.349 e. The fourth-order valence-corrected chi connectivity index (χ4v) is 3.65. The molecule has 4 rings (SSSR count). The molecule has 2 aliphatic heterocycles. The number of rotatable bonds is 2. The normalized spacial score (nSPS) is 21.3. The summed E-state index contributed by atoms with van der Waals surface area (Å²) in [5, 5.41) is 4.12. The highest BCUT2D eigenvalue weighted by molar-refractivity contribution is 5.96. The zero-order valence-corrected chi connectivity index (χ0v) is 14.8. The summed E-state index contributed by atoms with van der Waals surface area (Å²) in [5.41, 5.74) is 0.0955. The van der Waals surface area contributed by atoms with Gasteiger partial charge in [-0.15, -0.1) is 12.4 Å². The van der Waals surface area contributed by atoms with Crippen LogP contribution >= 0.6 is 12.4 Å². The number of nitrogens with zero attached hydrogens (tertiary/aromatic N) is 2. The number of fused-ring (bicyclic) bond motifs is 1. The Kier molecular flexibility index (Phi) is 5.42. The zero-order valence-electron chi connectivity index (χ0n) is 13.9. The molecule has 1 atom stereocenters. The molecule has 0 aliphatic carbocycles. The second-order valence-electron chi connectivity index (χ2n) is 6.46. The molecule has 25 heavy (non-hydrogen) atoms. The van der Waals surface area contributed by atoms with Gasteiger partial charge in [0, 0.05) is 50.7 Å². The Morgan fingerprint density at radius 1 is 1.16 bits per heavy atom. The van der Waals surface area contributed by atoms with E-state index in [0.717, 1.165) is 38.0 Å². The van der Waals surface area contributed by atoms with Crippen LogP contribution in [0.1, 0.15) is 16.8 Å². The maximum atomic E-state index is 12.8. The minimum absolute atomic E-state index is 0. The molecule has 1 aromatic heterocycles. The maximum Gasteiger partial charge on any atom is 0.349 e. The number of carbonyl (C=O) groups is 1. The molecule has 0 spiro atoms. The van der Waals surface area contributed by atoms with Gasteiger partial charge in [0.05, 0.1) is 0 Å². The molecular weight excluding hydrogens is 342 g/mol. The lowest BCUT2D eigenvalue weighted by Crippen LogP contribution is -2.49. The summed E-state index contributed by atoms with van der Waals surface area (Å²) < 4.78 is 5.29. The largest absolute Gasteiger partial charge is 0.422 e. The number of halogens is 1. The molecule has 6 nitrogen and oxygen atoms in total. The number of amides is 1. The number of para-hydroxylation sites is 1. The van der Waals surface area contributed by atoms with E-state index in [0.29, 0.717) is 24.7 Å². The highest BCUT2D eigenvalue weighted by Crippen LogP contribution is 2.19. The second-order valence-corrected chi connectivity index (χ2v) is 6.46. The van der Waals surface area contributed by atoms with Crippen molar-refractivity contribution in [2.24, 2.45) is 0 Å². The number of piperazine rings is 1. The van der Waals surface area contributed by atoms with Gasteiger partial charge in [0.1, 0.15) is 11.1 Å². The predicted octanol–water partition coefficient (Wildman–Crippen LogP) is 1.33. The van der Waals surface area contributed by atoms with E-state index in [2.05, 4.69) is 10.2 Å². The first-order valence-corrected chi connectivity index (χ1v) is 8.49. The number of benzene rings is 1. The molecule has 1 amide bonds. The van der Waals surface area contributed by atoms with Gasteiger partial charge in [-0.05, 0) is 18.6 Å². The van der Waals surface area contributed by atoms with E-state index >= 15 is 0 Å². The summed E-state index contributed by atoms with van der Waals surface area (Å²) in [6, 6.07) is 9.31. The molecule has 0 radical (unpaired) electrons. The van der Waals surface area contributed by atoms with Crippen LogP contribution in [-0.4, -0.2) is 61.0 Å². The lowest BCUT2D eigenvalue weighted by molar-refractivity contribution is 0.0769. The van der Waals surface area contributed by atoms with Crippen molar-refractivity contribution >= 4 is 29.3 Å². The van der Waals surface area contributed by atoms with Crippen molar-refractivity contribution in [3.05, 3.63) is 46.3 Å². The Labute approximate surface area is 152 Å². The summed E-state index contributed by atoms with van der Waals surface area (Å²) in [6.45, 7) is 5.41. The van der Waals surface area contributed by atoms with Crippen molar-refractivity contribution in [1.29, 1.82) is 0 Å². The maximum absolute atomic E-state index is 12.8. The quantitative estimate of drug-likeness (QED) is 0.815. The number of hydrogen-bond donors (Lipinski definition) is 1. The lowest BCUT2D eigenvalue weighted by Gasteiger charge is -2.32. The van der Waals surface area contributed by atoms with Crippen LogP contribution in [0.5, 0.6) is 0 Å². The van der Waals surface area contributed by atoms with Gasteiger partial charge in [-0.25, -0.2) is 4.79 Å².